The molecule has 3 aromatic rings. The van der Waals surface area contributed by atoms with Gasteiger partial charge in [0, 0.05) is 30.6 Å². The number of carboxylic acids is 1. The number of rotatable bonds is 12. The third-order valence-electron chi connectivity index (χ3n) is 7.52. The Balaban J connectivity index is 2.12. The minimum absolute atomic E-state index is 0.00588. The molecule has 0 radical (unpaired) electrons. The Kier molecular flexibility index (Phi) is 11.3. The standard InChI is InChI=1S/C34H39F3N4O4/c1-8-27-25(32-21(4)10-9-11-22(32)5)15-24(18-38-27)28(17-31(43)44)39-33(45)29(14-20(2)3)41-19-23(12-13-40(6)7)26(16-30(41)42)34(35,36)37/h1,9-11,15-16,18-20,28-29H,12-14,17H2,2-7H3,(H,39,45)(H,43,44)/t28?,29-/m1/s1. The Morgan fingerprint density at radius 1 is 1.16 bits per heavy atom. The third kappa shape index (κ3) is 8.82. The van der Waals surface area contributed by atoms with E-state index in [1.807, 2.05) is 45.9 Å². The zero-order chi connectivity index (χ0) is 33.6. The summed E-state index contributed by atoms with van der Waals surface area (Å²) in [6.07, 6.45) is 3.10. The number of terminal acetylenes is 1. The Morgan fingerprint density at radius 2 is 1.80 bits per heavy atom. The van der Waals surface area contributed by atoms with Gasteiger partial charge in [0.2, 0.25) is 5.91 Å². The van der Waals surface area contributed by atoms with Crippen LogP contribution >= 0.6 is 0 Å². The van der Waals surface area contributed by atoms with Crippen LogP contribution in [-0.4, -0.2) is 52.1 Å². The number of likely N-dealkylation sites (N-methyl/N-ethyl adjacent to an activating group) is 1. The van der Waals surface area contributed by atoms with Gasteiger partial charge in [0.05, 0.1) is 18.0 Å². The highest BCUT2D eigenvalue weighted by Gasteiger charge is 2.36. The lowest BCUT2D eigenvalue weighted by Crippen LogP contribution is -2.40. The number of aliphatic carboxylic acids is 1. The highest BCUT2D eigenvalue weighted by molar-refractivity contribution is 5.82. The molecule has 2 aromatic heterocycles. The molecule has 0 aliphatic carbocycles. The maximum Gasteiger partial charge on any atom is 0.416 e. The van der Waals surface area contributed by atoms with E-state index >= 15 is 0 Å². The summed E-state index contributed by atoms with van der Waals surface area (Å²) < 4.78 is 42.7. The smallest absolute Gasteiger partial charge is 0.416 e. The molecular formula is C34H39F3N4O4. The van der Waals surface area contributed by atoms with Gasteiger partial charge >= 0.3 is 12.1 Å². The Morgan fingerprint density at radius 3 is 2.33 bits per heavy atom. The van der Waals surface area contributed by atoms with Crippen LogP contribution in [0.4, 0.5) is 13.2 Å². The fourth-order valence-electron chi connectivity index (χ4n) is 5.35. The number of aromatic nitrogens is 2. The van der Waals surface area contributed by atoms with Crippen LogP contribution in [0.15, 0.2) is 47.5 Å². The first-order valence-corrected chi connectivity index (χ1v) is 14.6. The van der Waals surface area contributed by atoms with Gasteiger partial charge in [0.15, 0.2) is 0 Å². The van der Waals surface area contributed by atoms with Crippen LogP contribution in [0.5, 0.6) is 0 Å². The van der Waals surface area contributed by atoms with Crippen molar-refractivity contribution in [3.05, 3.63) is 86.6 Å². The van der Waals surface area contributed by atoms with E-state index in [1.54, 1.807) is 25.1 Å². The number of alkyl halides is 3. The first kappa shape index (κ1) is 35.1. The number of pyridine rings is 2. The van der Waals surface area contributed by atoms with E-state index < -0.39 is 47.7 Å². The van der Waals surface area contributed by atoms with Crippen molar-refractivity contribution in [3.8, 4) is 23.5 Å². The summed E-state index contributed by atoms with van der Waals surface area (Å²) in [6, 6.07) is 5.67. The first-order chi connectivity index (χ1) is 21.0. The molecule has 8 nitrogen and oxygen atoms in total. The van der Waals surface area contributed by atoms with Gasteiger partial charge in [0.1, 0.15) is 11.7 Å². The average molecular weight is 625 g/mol. The number of carbonyl (C=O) groups is 2. The molecular weight excluding hydrogens is 585 g/mol. The molecule has 0 aliphatic rings. The monoisotopic (exact) mass is 624 g/mol. The molecule has 0 saturated heterocycles. The van der Waals surface area contributed by atoms with Gasteiger partial charge in [-0.05, 0) is 86.5 Å². The van der Waals surface area contributed by atoms with E-state index in [2.05, 4.69) is 16.2 Å². The molecule has 0 fully saturated rings. The Labute approximate surface area is 261 Å². The van der Waals surface area contributed by atoms with E-state index in [9.17, 15) is 32.7 Å². The third-order valence-corrected chi connectivity index (χ3v) is 7.52. The van der Waals surface area contributed by atoms with Crippen molar-refractivity contribution in [2.45, 2.75) is 65.2 Å². The minimum atomic E-state index is -4.76. The van der Waals surface area contributed by atoms with Gasteiger partial charge in [-0.2, -0.15) is 13.2 Å². The summed E-state index contributed by atoms with van der Waals surface area (Å²) >= 11 is 0. The quantitative estimate of drug-likeness (QED) is 0.256. The molecule has 2 atom stereocenters. The summed E-state index contributed by atoms with van der Waals surface area (Å²) in [5, 5.41) is 12.5. The second-order valence-corrected chi connectivity index (χ2v) is 11.9. The van der Waals surface area contributed by atoms with E-state index in [0.717, 1.165) is 27.5 Å². The molecule has 1 amide bonds. The maximum atomic E-state index is 13.9. The largest absolute Gasteiger partial charge is 0.481 e. The summed E-state index contributed by atoms with van der Waals surface area (Å²) in [7, 11) is 3.44. The molecule has 240 valence electrons. The first-order valence-electron chi connectivity index (χ1n) is 14.6. The Hall–Kier alpha value is -4.43. The molecule has 45 heavy (non-hydrogen) atoms. The van der Waals surface area contributed by atoms with Crippen LogP contribution in [0.2, 0.25) is 0 Å². The summed E-state index contributed by atoms with van der Waals surface area (Å²) in [5.41, 5.74) is 1.85. The topological polar surface area (TPSA) is 105 Å². The van der Waals surface area contributed by atoms with E-state index in [1.165, 1.54) is 6.20 Å². The number of benzene rings is 1. The number of hydrogen-bond acceptors (Lipinski definition) is 5. The van der Waals surface area contributed by atoms with Crippen LogP contribution in [0.1, 0.15) is 72.3 Å². The van der Waals surface area contributed by atoms with Crippen LogP contribution in [0.3, 0.4) is 0 Å². The van der Waals surface area contributed by atoms with Crippen molar-refractivity contribution in [1.82, 2.24) is 19.8 Å². The number of halogens is 3. The number of carbonyl (C=O) groups excluding carboxylic acids is 1. The van der Waals surface area contributed by atoms with E-state index in [-0.39, 0.29) is 30.9 Å². The second-order valence-electron chi connectivity index (χ2n) is 11.9. The zero-order valence-electron chi connectivity index (χ0n) is 26.3. The van der Waals surface area contributed by atoms with Crippen LogP contribution in [-0.2, 0) is 22.2 Å². The average Bonchev–Trinajstić information content (AvgIpc) is 2.93. The lowest BCUT2D eigenvalue weighted by molar-refractivity contribution is -0.139. The Bertz CT molecular complexity index is 1630. The summed E-state index contributed by atoms with van der Waals surface area (Å²) in [6.45, 7) is 7.74. The fraction of sp³-hybridized carbons (Fsp3) is 0.412. The molecule has 1 unspecified atom stereocenters. The van der Waals surface area contributed by atoms with Gasteiger partial charge in [0.25, 0.3) is 5.56 Å². The van der Waals surface area contributed by atoms with Gasteiger partial charge in [-0.25, -0.2) is 4.98 Å². The highest BCUT2D eigenvalue weighted by atomic mass is 19.4. The van der Waals surface area contributed by atoms with Gasteiger partial charge < -0.3 is 19.9 Å². The lowest BCUT2D eigenvalue weighted by atomic mass is 9.92. The van der Waals surface area contributed by atoms with E-state index in [0.29, 0.717) is 22.9 Å². The molecule has 0 bridgehead atoms. The van der Waals surface area contributed by atoms with Crippen molar-refractivity contribution >= 4 is 11.9 Å². The van der Waals surface area contributed by atoms with Gasteiger partial charge in [-0.3, -0.25) is 14.4 Å². The highest BCUT2D eigenvalue weighted by Crippen LogP contribution is 2.34. The number of amides is 1. The number of nitrogens with one attached hydrogen (secondary N) is 1. The predicted octanol–water partition coefficient (Wildman–Crippen LogP) is 5.55. The normalized spacial score (nSPS) is 13.0. The number of nitrogens with zero attached hydrogens (tertiary/aromatic N) is 3. The number of hydrogen-bond donors (Lipinski definition) is 2. The van der Waals surface area contributed by atoms with Gasteiger partial charge in [-0.1, -0.05) is 32.0 Å². The van der Waals surface area contributed by atoms with Crippen molar-refractivity contribution in [2.24, 2.45) is 5.92 Å². The number of aryl methyl sites for hydroxylation is 2. The predicted molar refractivity (Wildman–Crippen MR) is 167 cm³/mol. The molecule has 0 aliphatic heterocycles. The molecule has 1 aromatic carbocycles. The minimum Gasteiger partial charge on any atom is -0.481 e. The molecule has 2 N–H and O–H groups in total. The number of carboxylic acid groups (broad SMARTS) is 1. The molecule has 0 saturated carbocycles. The van der Waals surface area contributed by atoms with Gasteiger partial charge in [-0.15, -0.1) is 6.42 Å². The molecule has 2 heterocycles. The van der Waals surface area contributed by atoms with Crippen LogP contribution in [0.25, 0.3) is 11.1 Å². The maximum absolute atomic E-state index is 13.9. The summed E-state index contributed by atoms with van der Waals surface area (Å²) in [4.78, 5) is 45.1. The van der Waals surface area contributed by atoms with E-state index in [4.69, 9.17) is 6.42 Å². The molecule has 3 rings (SSSR count). The zero-order valence-corrected chi connectivity index (χ0v) is 26.3. The second kappa shape index (κ2) is 14.6. The van der Waals surface area contributed by atoms with Crippen molar-refractivity contribution in [3.63, 3.8) is 0 Å². The molecule has 0 spiro atoms. The SMILES string of the molecule is C#Cc1ncc(C(CC(=O)O)NC(=O)[C@@H](CC(C)C)n2cc(CCN(C)C)c(C(F)(F)F)cc2=O)cc1-c1c(C)cccc1C. The van der Waals surface area contributed by atoms with Crippen LogP contribution in [0, 0.1) is 32.1 Å². The fourth-order valence-corrected chi connectivity index (χ4v) is 5.35. The van der Waals surface area contributed by atoms with Crippen LogP contribution < -0.4 is 10.9 Å². The van der Waals surface area contributed by atoms with Crippen molar-refractivity contribution < 1.29 is 27.9 Å². The lowest BCUT2D eigenvalue weighted by Gasteiger charge is -2.26. The van der Waals surface area contributed by atoms with Crippen molar-refractivity contribution in [2.75, 3.05) is 20.6 Å². The summed E-state index contributed by atoms with van der Waals surface area (Å²) in [5.74, 6) is 0.527. The molecule has 11 heteroatoms. The van der Waals surface area contributed by atoms with Crippen molar-refractivity contribution in [1.29, 1.82) is 0 Å².